The highest BCUT2D eigenvalue weighted by Gasteiger charge is 2.40. The van der Waals surface area contributed by atoms with Gasteiger partial charge in [0.25, 0.3) is 0 Å². The van der Waals surface area contributed by atoms with Gasteiger partial charge in [-0.15, -0.1) is 0 Å². The molecule has 0 bridgehead atoms. The van der Waals surface area contributed by atoms with Crippen LogP contribution >= 0.6 is 7.82 Å². The number of amides is 5. The number of nitrogens with zero attached hydrogens (tertiary/aromatic N) is 1. The van der Waals surface area contributed by atoms with Gasteiger partial charge in [0.1, 0.15) is 36.5 Å². The first-order valence-corrected chi connectivity index (χ1v) is 16.9. The van der Waals surface area contributed by atoms with Gasteiger partial charge in [-0.2, -0.15) is 0 Å². The third kappa shape index (κ3) is 13.0. The number of aliphatic hydroxyl groups excluding tert-OH is 1. The molecule has 1 heterocycles. The highest BCUT2D eigenvalue weighted by molar-refractivity contribution is 7.46. The van der Waals surface area contributed by atoms with E-state index < -0.39 is 92.7 Å². The Morgan fingerprint density at radius 2 is 1.59 bits per heavy atom. The van der Waals surface area contributed by atoms with Crippen LogP contribution in [0.3, 0.4) is 0 Å². The summed E-state index contributed by atoms with van der Waals surface area (Å²) in [5, 5.41) is 19.2. The van der Waals surface area contributed by atoms with E-state index in [9.17, 15) is 48.2 Å². The van der Waals surface area contributed by atoms with Crippen molar-refractivity contribution >= 4 is 43.6 Å². The SMILES string of the molecule is CC[C@H](C)[C@H](NC(=O)[C@@H](N)CO)C(=O)N[C@@H](COP(=O)(O)O)C(=O)N[C@@H](CC(C)C)C(=O)N1CCC[C@H]1C(=O)N[C@H](C=O)C(C)C. The van der Waals surface area contributed by atoms with E-state index in [-0.39, 0.29) is 24.8 Å². The molecule has 0 aliphatic carbocycles. The zero-order chi connectivity index (χ0) is 35.4. The molecule has 0 aromatic rings. The lowest BCUT2D eigenvalue weighted by Crippen LogP contribution is -2.61. The molecule has 9 N–H and O–H groups in total. The normalized spacial score (nSPS) is 19.0. The molecule has 0 saturated carbocycles. The number of nitrogens with one attached hydrogen (secondary N) is 4. The fourth-order valence-corrected chi connectivity index (χ4v) is 5.09. The lowest BCUT2D eigenvalue weighted by atomic mass is 9.97. The minimum Gasteiger partial charge on any atom is -0.394 e. The fraction of sp³-hybridized carbons (Fsp3) is 0.786. The summed E-state index contributed by atoms with van der Waals surface area (Å²) in [5.74, 6) is -4.66. The molecular weight excluding hydrogens is 627 g/mol. The van der Waals surface area contributed by atoms with E-state index in [0.717, 1.165) is 0 Å². The largest absolute Gasteiger partial charge is 0.469 e. The summed E-state index contributed by atoms with van der Waals surface area (Å²) in [7, 11) is -5.11. The number of carbonyl (C=O) groups excluding carboxylic acids is 6. The van der Waals surface area contributed by atoms with Crippen LogP contribution in [0.4, 0.5) is 0 Å². The van der Waals surface area contributed by atoms with Crippen molar-refractivity contribution < 1.29 is 52.7 Å². The third-order valence-corrected chi connectivity index (χ3v) is 8.19. The van der Waals surface area contributed by atoms with E-state index >= 15 is 0 Å². The Morgan fingerprint density at radius 1 is 0.978 bits per heavy atom. The molecular formula is C28H51N6O11P. The number of carbonyl (C=O) groups is 6. The Balaban J connectivity index is 3.29. The van der Waals surface area contributed by atoms with Gasteiger partial charge in [0.05, 0.1) is 19.3 Å². The number of aliphatic hydroxyl groups is 1. The van der Waals surface area contributed by atoms with Crippen molar-refractivity contribution in [2.45, 2.75) is 103 Å². The quantitative estimate of drug-likeness (QED) is 0.0561. The van der Waals surface area contributed by atoms with Crippen LogP contribution in [0, 0.1) is 17.8 Å². The summed E-state index contributed by atoms with van der Waals surface area (Å²) < 4.78 is 16.0. The van der Waals surface area contributed by atoms with Crippen LogP contribution in [0.1, 0.15) is 67.2 Å². The average molecular weight is 679 g/mol. The minimum atomic E-state index is -5.11. The van der Waals surface area contributed by atoms with Crippen molar-refractivity contribution in [3.8, 4) is 0 Å². The molecule has 46 heavy (non-hydrogen) atoms. The molecule has 1 rings (SSSR count). The van der Waals surface area contributed by atoms with Crippen molar-refractivity contribution in [2.24, 2.45) is 23.5 Å². The molecule has 7 atom stereocenters. The van der Waals surface area contributed by atoms with Gasteiger partial charge in [-0.05, 0) is 37.0 Å². The average Bonchev–Trinajstić information content (AvgIpc) is 3.48. The van der Waals surface area contributed by atoms with Gasteiger partial charge >= 0.3 is 7.82 Å². The second kappa shape index (κ2) is 19.0. The van der Waals surface area contributed by atoms with Gasteiger partial charge in [-0.25, -0.2) is 4.57 Å². The Hall–Kier alpha value is -2.95. The van der Waals surface area contributed by atoms with Gasteiger partial charge in [-0.1, -0.05) is 48.0 Å². The molecule has 0 aromatic carbocycles. The third-order valence-electron chi connectivity index (χ3n) is 7.70. The molecule has 0 unspecified atom stereocenters. The molecule has 0 spiro atoms. The second-order valence-electron chi connectivity index (χ2n) is 12.3. The van der Waals surface area contributed by atoms with Crippen LogP contribution in [-0.2, 0) is 37.9 Å². The number of hydrogen-bond acceptors (Lipinski definition) is 10. The number of phosphoric acid groups is 1. The summed E-state index contributed by atoms with van der Waals surface area (Å²) in [6.45, 7) is 9.02. The highest BCUT2D eigenvalue weighted by Crippen LogP contribution is 2.35. The van der Waals surface area contributed by atoms with Gasteiger partial charge < -0.3 is 51.6 Å². The predicted molar refractivity (Wildman–Crippen MR) is 165 cm³/mol. The predicted octanol–water partition coefficient (Wildman–Crippen LogP) is -1.71. The van der Waals surface area contributed by atoms with Crippen molar-refractivity contribution in [2.75, 3.05) is 19.8 Å². The van der Waals surface area contributed by atoms with Gasteiger partial charge in [0.2, 0.25) is 29.5 Å². The van der Waals surface area contributed by atoms with E-state index in [1.807, 2.05) is 0 Å². The fourth-order valence-electron chi connectivity index (χ4n) is 4.75. The second-order valence-corrected chi connectivity index (χ2v) is 13.5. The smallest absolute Gasteiger partial charge is 0.394 e. The zero-order valence-electron chi connectivity index (χ0n) is 27.3. The monoisotopic (exact) mass is 678 g/mol. The van der Waals surface area contributed by atoms with E-state index in [4.69, 9.17) is 5.73 Å². The maximum absolute atomic E-state index is 13.8. The van der Waals surface area contributed by atoms with Crippen LogP contribution in [0.2, 0.25) is 0 Å². The first kappa shape index (κ1) is 41.1. The lowest BCUT2D eigenvalue weighted by molar-refractivity contribution is -0.142. The Kier molecular flexibility index (Phi) is 17.0. The van der Waals surface area contributed by atoms with Gasteiger partial charge in [0.15, 0.2) is 0 Å². The molecule has 17 nitrogen and oxygen atoms in total. The number of rotatable bonds is 19. The Bertz CT molecular complexity index is 1120. The molecule has 18 heteroatoms. The maximum Gasteiger partial charge on any atom is 0.469 e. The summed E-state index contributed by atoms with van der Waals surface area (Å²) in [4.78, 5) is 97.3. The van der Waals surface area contributed by atoms with Crippen LogP contribution < -0.4 is 27.0 Å². The van der Waals surface area contributed by atoms with Crippen LogP contribution in [0.15, 0.2) is 0 Å². The number of phosphoric ester groups is 1. The number of likely N-dealkylation sites (tertiary alicyclic amines) is 1. The molecule has 1 saturated heterocycles. The van der Waals surface area contributed by atoms with E-state index in [1.54, 1.807) is 41.5 Å². The van der Waals surface area contributed by atoms with E-state index in [1.165, 1.54) is 4.90 Å². The molecule has 264 valence electrons. The Labute approximate surface area is 269 Å². The first-order valence-electron chi connectivity index (χ1n) is 15.4. The van der Waals surface area contributed by atoms with E-state index in [2.05, 4.69) is 25.8 Å². The number of aldehydes is 1. The van der Waals surface area contributed by atoms with Crippen molar-refractivity contribution in [3.63, 3.8) is 0 Å². The number of hydrogen-bond donors (Lipinski definition) is 8. The zero-order valence-corrected chi connectivity index (χ0v) is 28.2. The maximum atomic E-state index is 13.8. The number of nitrogens with two attached hydrogens (primary N) is 1. The molecule has 0 aromatic heterocycles. The lowest BCUT2D eigenvalue weighted by Gasteiger charge is -2.31. The minimum absolute atomic E-state index is 0.114. The summed E-state index contributed by atoms with van der Waals surface area (Å²) >= 11 is 0. The molecule has 1 fully saturated rings. The van der Waals surface area contributed by atoms with E-state index in [0.29, 0.717) is 25.5 Å². The molecule has 1 aliphatic rings. The Morgan fingerprint density at radius 3 is 2.09 bits per heavy atom. The highest BCUT2D eigenvalue weighted by atomic mass is 31.2. The van der Waals surface area contributed by atoms with Crippen molar-refractivity contribution in [1.82, 2.24) is 26.2 Å². The molecule has 5 amide bonds. The van der Waals surface area contributed by atoms with Crippen LogP contribution in [0.5, 0.6) is 0 Å². The molecule has 1 aliphatic heterocycles. The van der Waals surface area contributed by atoms with Gasteiger partial charge in [0, 0.05) is 6.54 Å². The van der Waals surface area contributed by atoms with Crippen molar-refractivity contribution in [1.29, 1.82) is 0 Å². The van der Waals surface area contributed by atoms with Crippen molar-refractivity contribution in [3.05, 3.63) is 0 Å². The summed E-state index contributed by atoms with van der Waals surface area (Å²) in [6, 6.07) is -7.15. The summed E-state index contributed by atoms with van der Waals surface area (Å²) in [6.07, 6.45) is 1.96. The standard InChI is InChI=1S/C28H51N6O11P/c1-7-17(6)23(33-24(37)18(29)12-35)27(40)32-21(14-45-46(42,43)44)25(38)30-19(11-15(2)3)28(41)34-10-8-9-22(34)26(39)31-20(13-36)16(4)5/h13,15-23,35H,7-12,14,29H2,1-6H3,(H,30,38)(H,31,39)(H,32,40)(H,33,37)(H2,42,43,44)/t17-,18-,19-,20+,21-,22-,23-/m0/s1. The van der Waals surface area contributed by atoms with Crippen LogP contribution in [-0.4, -0.2) is 112 Å². The molecule has 0 radical (unpaired) electrons. The topological polar surface area (TPSA) is 267 Å². The first-order chi connectivity index (χ1) is 21.4. The van der Waals surface area contributed by atoms with Crippen LogP contribution in [0.25, 0.3) is 0 Å². The summed E-state index contributed by atoms with van der Waals surface area (Å²) in [5.41, 5.74) is 5.56. The van der Waals surface area contributed by atoms with Gasteiger partial charge in [-0.3, -0.25) is 28.5 Å².